The average Bonchev–Trinajstić information content (AvgIpc) is 3.28. The minimum atomic E-state index is -0.466. The number of nitrogens with zero attached hydrogens (tertiary/aromatic N) is 5. The van der Waals surface area contributed by atoms with Crippen LogP contribution in [-0.2, 0) is 6.42 Å². The van der Waals surface area contributed by atoms with E-state index in [0.717, 1.165) is 15.8 Å². The molecule has 4 rings (SSSR count). The third kappa shape index (κ3) is 5.39. The molecule has 0 aliphatic rings. The van der Waals surface area contributed by atoms with Crippen molar-refractivity contribution in [1.29, 1.82) is 10.7 Å². The number of nitriles is 1. The number of hydrogen-bond acceptors (Lipinski definition) is 8. The van der Waals surface area contributed by atoms with Gasteiger partial charge < -0.3 is 15.2 Å². The topological polar surface area (TPSA) is 169 Å². The summed E-state index contributed by atoms with van der Waals surface area (Å²) in [6, 6.07) is 16.3. The molecule has 11 heteroatoms. The van der Waals surface area contributed by atoms with E-state index in [1.165, 1.54) is 12.4 Å². The summed E-state index contributed by atoms with van der Waals surface area (Å²) in [5.41, 5.74) is 7.50. The highest BCUT2D eigenvalue weighted by molar-refractivity contribution is 5.94. The Balaban J connectivity index is 1.77. The van der Waals surface area contributed by atoms with Crippen LogP contribution >= 0.6 is 0 Å². The summed E-state index contributed by atoms with van der Waals surface area (Å²) in [5, 5.41) is 21.0. The third-order valence-corrected chi connectivity index (χ3v) is 5.37. The van der Waals surface area contributed by atoms with Crippen molar-refractivity contribution in [3.8, 4) is 23.5 Å². The molecule has 4 aromatic rings. The molecule has 0 bridgehead atoms. The van der Waals surface area contributed by atoms with Crippen LogP contribution in [0.2, 0.25) is 0 Å². The first-order valence-electron chi connectivity index (χ1n) is 11.2. The number of nitrogens with two attached hydrogens (primary N) is 1. The van der Waals surface area contributed by atoms with E-state index in [-0.39, 0.29) is 24.3 Å². The summed E-state index contributed by atoms with van der Waals surface area (Å²) in [7, 11) is 0. The number of ether oxygens (including phenoxy) is 2. The number of H-pyrrole nitrogens is 1. The lowest BCUT2D eigenvalue weighted by molar-refractivity contribution is 0.298. The predicted molar refractivity (Wildman–Crippen MR) is 131 cm³/mol. The van der Waals surface area contributed by atoms with Gasteiger partial charge in [0.15, 0.2) is 18.1 Å². The van der Waals surface area contributed by atoms with Gasteiger partial charge >= 0.3 is 5.69 Å². The normalized spacial score (nSPS) is 11.4. The molecule has 0 saturated heterocycles. The summed E-state index contributed by atoms with van der Waals surface area (Å²) < 4.78 is 12.4. The molecule has 182 valence electrons. The largest absolute Gasteiger partial charge is 0.490 e. The van der Waals surface area contributed by atoms with Gasteiger partial charge in [-0.3, -0.25) is 10.4 Å². The first-order chi connectivity index (χ1) is 17.5. The Kier molecular flexibility index (Phi) is 7.36. The fourth-order valence-electron chi connectivity index (χ4n) is 3.70. The lowest BCUT2D eigenvalue weighted by Crippen LogP contribution is -2.18. The molecule has 4 N–H and O–H groups in total. The van der Waals surface area contributed by atoms with Crippen LogP contribution in [0.1, 0.15) is 35.4 Å². The molecule has 1 unspecified atom stereocenters. The molecule has 0 aliphatic heterocycles. The molecule has 1 atom stereocenters. The molecule has 0 saturated carbocycles. The molecule has 0 aliphatic carbocycles. The number of hydrogen-bond donors (Lipinski definition) is 3. The van der Waals surface area contributed by atoms with Crippen molar-refractivity contribution in [3.05, 3.63) is 93.9 Å². The first kappa shape index (κ1) is 24.2. The van der Waals surface area contributed by atoms with Gasteiger partial charge in [0, 0.05) is 23.9 Å². The Morgan fingerprint density at radius 2 is 1.92 bits per heavy atom. The van der Waals surface area contributed by atoms with Crippen LogP contribution in [0.15, 0.2) is 65.7 Å². The molecule has 11 nitrogen and oxygen atoms in total. The third-order valence-electron chi connectivity index (χ3n) is 5.37. The quantitative estimate of drug-likeness (QED) is 0.227. The van der Waals surface area contributed by atoms with Crippen molar-refractivity contribution < 1.29 is 9.47 Å². The van der Waals surface area contributed by atoms with Crippen molar-refractivity contribution in [2.75, 3.05) is 13.2 Å². The van der Waals surface area contributed by atoms with E-state index in [0.29, 0.717) is 35.9 Å². The van der Waals surface area contributed by atoms with Crippen LogP contribution in [0.3, 0.4) is 0 Å². The molecule has 2 aromatic heterocycles. The van der Waals surface area contributed by atoms with Crippen molar-refractivity contribution in [2.45, 2.75) is 19.3 Å². The second kappa shape index (κ2) is 11.0. The summed E-state index contributed by atoms with van der Waals surface area (Å²) >= 11 is 0. The van der Waals surface area contributed by atoms with Gasteiger partial charge in [0.1, 0.15) is 17.7 Å². The van der Waals surface area contributed by atoms with Crippen LogP contribution < -0.4 is 20.9 Å². The summed E-state index contributed by atoms with van der Waals surface area (Å²) in [6.45, 7) is 2.15. The van der Waals surface area contributed by atoms with Crippen molar-refractivity contribution >= 4 is 5.84 Å². The van der Waals surface area contributed by atoms with E-state index in [1.54, 1.807) is 24.3 Å². The molecule has 36 heavy (non-hydrogen) atoms. The molecule has 2 aromatic carbocycles. The fraction of sp³-hybridized carbons (Fsp3) is 0.200. The minimum absolute atomic E-state index is 0.0154. The molecule has 0 amide bonds. The van der Waals surface area contributed by atoms with Crippen LogP contribution in [0.25, 0.3) is 5.95 Å². The average molecular weight is 485 g/mol. The molecular weight excluding hydrogens is 460 g/mol. The van der Waals surface area contributed by atoms with Crippen LogP contribution in [0.4, 0.5) is 0 Å². The van der Waals surface area contributed by atoms with Crippen LogP contribution in [0, 0.1) is 16.7 Å². The van der Waals surface area contributed by atoms with Gasteiger partial charge in [0.05, 0.1) is 6.61 Å². The number of aromatic nitrogens is 5. The Morgan fingerprint density at radius 1 is 1.17 bits per heavy atom. The van der Waals surface area contributed by atoms with Gasteiger partial charge in [0.25, 0.3) is 5.95 Å². The SMILES string of the molecule is CCOc1cc(C(Cc2ccc(C(=N)N)cc2)c2nn(-c3ncccn3)c(=O)[nH]2)ccc1OCC#N. The Hall–Kier alpha value is -4.98. The zero-order valence-corrected chi connectivity index (χ0v) is 19.5. The maximum atomic E-state index is 12.7. The number of nitrogen functional groups attached to an aromatic ring is 1. The van der Waals surface area contributed by atoms with Gasteiger partial charge in [-0.2, -0.15) is 5.26 Å². The maximum absolute atomic E-state index is 12.7. The highest BCUT2D eigenvalue weighted by Crippen LogP contribution is 2.34. The van der Waals surface area contributed by atoms with Gasteiger partial charge in [-0.1, -0.05) is 30.3 Å². The standard InChI is InChI=1S/C25H24N8O3/c1-2-35-21-15-18(8-9-20(21)36-13-10-26)19(14-16-4-6-17(7-5-16)22(27)28)23-31-25(34)33(32-23)24-29-11-3-12-30-24/h3-9,11-12,15,19H,2,13-14H2,1H3,(H3,27,28)(H,31,32,34). The minimum Gasteiger partial charge on any atom is -0.490 e. The highest BCUT2D eigenvalue weighted by atomic mass is 16.5. The lowest BCUT2D eigenvalue weighted by atomic mass is 9.90. The number of aromatic amines is 1. The fourth-order valence-corrected chi connectivity index (χ4v) is 3.70. The van der Waals surface area contributed by atoms with E-state index in [1.807, 2.05) is 37.3 Å². The van der Waals surface area contributed by atoms with Crippen molar-refractivity contribution in [2.24, 2.45) is 5.73 Å². The molecule has 2 heterocycles. The number of benzene rings is 2. The summed E-state index contributed by atoms with van der Waals surface area (Å²) in [6.07, 6.45) is 3.54. The number of nitrogens with one attached hydrogen (secondary N) is 2. The van der Waals surface area contributed by atoms with E-state index < -0.39 is 5.69 Å². The van der Waals surface area contributed by atoms with Crippen molar-refractivity contribution in [3.63, 3.8) is 0 Å². The highest BCUT2D eigenvalue weighted by Gasteiger charge is 2.23. The molecule has 0 fully saturated rings. The number of rotatable bonds is 10. The van der Waals surface area contributed by atoms with Crippen LogP contribution in [0.5, 0.6) is 11.5 Å². The lowest BCUT2D eigenvalue weighted by Gasteiger charge is -2.18. The zero-order chi connectivity index (χ0) is 25.5. The van der Waals surface area contributed by atoms with Gasteiger partial charge in [-0.15, -0.1) is 9.78 Å². The molecule has 0 spiro atoms. The molecular formula is C25H24N8O3. The zero-order valence-electron chi connectivity index (χ0n) is 19.5. The van der Waals surface area contributed by atoms with Crippen molar-refractivity contribution in [1.82, 2.24) is 24.7 Å². The summed E-state index contributed by atoms with van der Waals surface area (Å²) in [5.74, 6) is 1.10. The van der Waals surface area contributed by atoms with E-state index in [2.05, 4.69) is 20.1 Å². The Bertz CT molecular complexity index is 1440. The summed E-state index contributed by atoms with van der Waals surface area (Å²) in [4.78, 5) is 23.8. The van der Waals surface area contributed by atoms with Gasteiger partial charge in [-0.05, 0) is 42.7 Å². The van der Waals surface area contributed by atoms with E-state index in [4.69, 9.17) is 25.9 Å². The molecule has 0 radical (unpaired) electrons. The van der Waals surface area contributed by atoms with E-state index in [9.17, 15) is 4.79 Å². The second-order valence-electron chi connectivity index (χ2n) is 7.73. The predicted octanol–water partition coefficient (Wildman–Crippen LogP) is 2.31. The Labute approximate surface area is 206 Å². The monoisotopic (exact) mass is 484 g/mol. The van der Waals surface area contributed by atoms with E-state index >= 15 is 0 Å². The number of amidine groups is 1. The second-order valence-corrected chi connectivity index (χ2v) is 7.73. The van der Waals surface area contributed by atoms with Crippen LogP contribution in [-0.4, -0.2) is 43.8 Å². The smallest absolute Gasteiger partial charge is 0.350 e. The first-order valence-corrected chi connectivity index (χ1v) is 11.2. The van der Waals surface area contributed by atoms with Gasteiger partial charge in [0.2, 0.25) is 0 Å². The maximum Gasteiger partial charge on any atom is 0.350 e. The Morgan fingerprint density at radius 3 is 2.58 bits per heavy atom. The van der Waals surface area contributed by atoms with Gasteiger partial charge in [-0.25, -0.2) is 14.8 Å².